The summed E-state index contributed by atoms with van der Waals surface area (Å²) < 4.78 is 88.8. The molecule has 2 aromatic rings. The first-order chi connectivity index (χ1) is 26.3. The van der Waals surface area contributed by atoms with Gasteiger partial charge in [0.1, 0.15) is 6.10 Å². The van der Waals surface area contributed by atoms with Crippen molar-refractivity contribution in [2.24, 2.45) is 0 Å². The molecular formula is C33H40F3N3O16. The number of ether oxygens (including phenoxy) is 9. The molecule has 19 nitrogen and oxygen atoms in total. The lowest BCUT2D eigenvalue weighted by Gasteiger charge is -2.40. The quantitative estimate of drug-likeness (QED) is 0.0697. The van der Waals surface area contributed by atoms with Crippen molar-refractivity contribution in [3.63, 3.8) is 0 Å². The number of halogens is 3. The van der Waals surface area contributed by atoms with E-state index in [9.17, 15) is 47.8 Å². The molecule has 1 saturated heterocycles. The fourth-order valence-electron chi connectivity index (χ4n) is 4.73. The zero-order chi connectivity index (χ0) is 40.2. The largest absolute Gasteiger partial charge is 0.471 e. The number of benzene rings is 2. The summed E-state index contributed by atoms with van der Waals surface area (Å²) in [5.41, 5.74) is -1.06. The molecule has 0 spiro atoms. The highest BCUT2D eigenvalue weighted by molar-refractivity contribution is 5.90. The van der Waals surface area contributed by atoms with Crippen LogP contribution in [0.3, 0.4) is 0 Å². The zero-order valence-corrected chi connectivity index (χ0v) is 29.5. The molecule has 2 aromatic carbocycles. The number of nitro benzene ring substituents is 2. The molecule has 1 aliphatic rings. The summed E-state index contributed by atoms with van der Waals surface area (Å²) in [6.45, 7) is 2.24. The molecule has 4 atom stereocenters. The molecule has 3 rings (SSSR count). The molecule has 1 amide bonds. The van der Waals surface area contributed by atoms with E-state index < -0.39 is 71.4 Å². The number of alkyl halides is 3. The van der Waals surface area contributed by atoms with Gasteiger partial charge in [0, 0.05) is 37.8 Å². The maximum atomic E-state index is 13.4. The highest BCUT2D eigenvalue weighted by Gasteiger charge is 2.48. The number of esters is 2. The molecule has 0 aromatic heterocycles. The van der Waals surface area contributed by atoms with Gasteiger partial charge in [0.2, 0.25) is 6.29 Å². The van der Waals surface area contributed by atoms with Gasteiger partial charge in [-0.1, -0.05) is 0 Å². The van der Waals surface area contributed by atoms with Gasteiger partial charge in [-0.05, 0) is 24.3 Å². The minimum absolute atomic E-state index is 0.0193. The van der Waals surface area contributed by atoms with Gasteiger partial charge in [-0.25, -0.2) is 9.59 Å². The maximum absolute atomic E-state index is 13.4. The smallest absolute Gasteiger partial charge is 0.454 e. The Balaban J connectivity index is 1.64. The van der Waals surface area contributed by atoms with Crippen LogP contribution in [0, 0.1) is 20.2 Å². The van der Waals surface area contributed by atoms with Crippen LogP contribution >= 0.6 is 0 Å². The van der Waals surface area contributed by atoms with Crippen LogP contribution in [-0.4, -0.2) is 138 Å². The number of hydrogen-bond donors (Lipinski definition) is 1. The van der Waals surface area contributed by atoms with Gasteiger partial charge in [0.25, 0.3) is 11.4 Å². The van der Waals surface area contributed by atoms with Crippen molar-refractivity contribution in [3.05, 3.63) is 79.9 Å². The normalized spacial score (nSPS) is 18.3. The van der Waals surface area contributed by atoms with Gasteiger partial charge in [-0.15, -0.1) is 0 Å². The van der Waals surface area contributed by atoms with E-state index in [1.165, 1.54) is 0 Å². The van der Waals surface area contributed by atoms with E-state index in [1.54, 1.807) is 12.4 Å². The van der Waals surface area contributed by atoms with Crippen LogP contribution in [0.2, 0.25) is 0 Å². The lowest BCUT2D eigenvalue weighted by Crippen LogP contribution is -2.60. The van der Waals surface area contributed by atoms with Gasteiger partial charge in [-0.3, -0.25) is 25.0 Å². The first kappa shape index (κ1) is 44.6. The Morgan fingerprint density at radius 2 is 1.13 bits per heavy atom. The predicted molar refractivity (Wildman–Crippen MR) is 178 cm³/mol. The monoisotopic (exact) mass is 791 g/mol. The minimum Gasteiger partial charge on any atom is -0.454 e. The number of nitro groups is 2. The van der Waals surface area contributed by atoms with Crippen LogP contribution in [-0.2, 0) is 47.4 Å². The third-order valence-electron chi connectivity index (χ3n) is 7.42. The fourth-order valence-corrected chi connectivity index (χ4v) is 4.73. The standard InChI is InChI=1S/C33H40F3N3O16/c1-47-10-11-48-12-13-49-14-15-50-16-17-51-18-19-52-21-27-29(55-31(41)23-4-8-25(9-5-23)39(45)46)26(37-32(42)33(34,35)36)20-28(53-27)54-30(40)22-2-6-24(7-3-22)38(43)44/h2-9,26-29H,10-21H2,1H3,(H,37,42)/t26-,27-,28?,29-/m0/s1. The third kappa shape index (κ3) is 15.8. The van der Waals surface area contributed by atoms with Crippen molar-refractivity contribution in [1.29, 1.82) is 0 Å². The SMILES string of the molecule is COCCOCCOCCOCCOCCOC[C@@H]1OC(OC(=O)c2ccc([N+](=O)[O-])cc2)C[C@H](NC(=O)C(F)(F)F)[C@@H]1OC(=O)c1ccc([N+](=O)[O-])cc1. The van der Waals surface area contributed by atoms with E-state index in [4.69, 9.17) is 42.6 Å². The molecule has 1 fully saturated rings. The lowest BCUT2D eigenvalue weighted by molar-refractivity contribution is -0.385. The Morgan fingerprint density at radius 1 is 0.709 bits per heavy atom. The number of carbonyl (C=O) groups excluding carboxylic acids is 3. The third-order valence-corrected chi connectivity index (χ3v) is 7.42. The van der Waals surface area contributed by atoms with E-state index >= 15 is 0 Å². The fraction of sp³-hybridized carbons (Fsp3) is 0.545. The Kier molecular flexibility index (Phi) is 18.8. The Labute approximate surface area is 311 Å². The summed E-state index contributed by atoms with van der Waals surface area (Å²) in [5, 5.41) is 23.8. The number of hydrogen-bond acceptors (Lipinski definition) is 16. The van der Waals surface area contributed by atoms with Crippen molar-refractivity contribution in [2.75, 3.05) is 79.8 Å². The molecular weight excluding hydrogens is 751 g/mol. The Morgan fingerprint density at radius 3 is 1.55 bits per heavy atom. The van der Waals surface area contributed by atoms with E-state index in [2.05, 4.69) is 0 Å². The van der Waals surface area contributed by atoms with Crippen molar-refractivity contribution < 1.29 is 80.0 Å². The number of methoxy groups -OCH3 is 1. The van der Waals surface area contributed by atoms with Crippen LogP contribution in [0.5, 0.6) is 0 Å². The average Bonchev–Trinajstić information content (AvgIpc) is 3.15. The van der Waals surface area contributed by atoms with E-state index in [0.29, 0.717) is 39.6 Å². The van der Waals surface area contributed by atoms with Crippen LogP contribution in [0.1, 0.15) is 27.1 Å². The van der Waals surface area contributed by atoms with Crippen LogP contribution in [0.4, 0.5) is 24.5 Å². The molecule has 0 radical (unpaired) electrons. The van der Waals surface area contributed by atoms with Crippen LogP contribution in [0.15, 0.2) is 48.5 Å². The summed E-state index contributed by atoms with van der Waals surface area (Å²) in [7, 11) is 1.57. The number of rotatable bonds is 24. The van der Waals surface area contributed by atoms with Crippen molar-refractivity contribution in [3.8, 4) is 0 Å². The van der Waals surface area contributed by atoms with E-state index in [-0.39, 0.29) is 48.9 Å². The van der Waals surface area contributed by atoms with Crippen LogP contribution < -0.4 is 5.32 Å². The second kappa shape index (κ2) is 23.2. The summed E-state index contributed by atoms with van der Waals surface area (Å²) in [4.78, 5) is 58.7. The Hall–Kier alpha value is -4.84. The number of carbonyl (C=O) groups is 3. The molecule has 1 heterocycles. The van der Waals surface area contributed by atoms with Crippen LogP contribution in [0.25, 0.3) is 0 Å². The summed E-state index contributed by atoms with van der Waals surface area (Å²) in [6.07, 6.45) is -10.8. The number of non-ortho nitro benzene ring substituents is 2. The van der Waals surface area contributed by atoms with Gasteiger partial charge < -0.3 is 47.9 Å². The van der Waals surface area contributed by atoms with Gasteiger partial charge in [-0.2, -0.15) is 13.2 Å². The molecule has 0 bridgehead atoms. The molecule has 1 aliphatic heterocycles. The molecule has 22 heteroatoms. The molecule has 304 valence electrons. The first-order valence-corrected chi connectivity index (χ1v) is 16.6. The summed E-state index contributed by atoms with van der Waals surface area (Å²) >= 11 is 0. The van der Waals surface area contributed by atoms with Gasteiger partial charge >= 0.3 is 24.0 Å². The number of nitrogens with one attached hydrogen (secondary N) is 1. The highest BCUT2D eigenvalue weighted by Crippen LogP contribution is 2.28. The number of amides is 1. The zero-order valence-electron chi connectivity index (χ0n) is 29.5. The summed E-state index contributed by atoms with van der Waals surface area (Å²) in [5.74, 6) is -4.61. The molecule has 1 unspecified atom stereocenters. The molecule has 0 saturated carbocycles. The maximum Gasteiger partial charge on any atom is 0.471 e. The molecule has 55 heavy (non-hydrogen) atoms. The second-order valence-electron chi connectivity index (χ2n) is 11.3. The number of nitrogens with zero attached hydrogens (tertiary/aromatic N) is 2. The van der Waals surface area contributed by atoms with Gasteiger partial charge in [0.05, 0.1) is 99.7 Å². The highest BCUT2D eigenvalue weighted by atomic mass is 19.4. The van der Waals surface area contributed by atoms with E-state index in [0.717, 1.165) is 48.5 Å². The Bertz CT molecular complexity index is 1530. The second-order valence-corrected chi connectivity index (χ2v) is 11.3. The predicted octanol–water partition coefficient (Wildman–Crippen LogP) is 2.78. The molecule has 0 aliphatic carbocycles. The first-order valence-electron chi connectivity index (χ1n) is 16.6. The van der Waals surface area contributed by atoms with Crippen molar-refractivity contribution in [2.45, 2.75) is 37.1 Å². The van der Waals surface area contributed by atoms with Crippen molar-refractivity contribution >= 4 is 29.2 Å². The average molecular weight is 792 g/mol. The van der Waals surface area contributed by atoms with E-state index in [1.807, 2.05) is 0 Å². The van der Waals surface area contributed by atoms with Crippen molar-refractivity contribution in [1.82, 2.24) is 5.32 Å². The lowest BCUT2D eigenvalue weighted by atomic mass is 9.98. The summed E-state index contributed by atoms with van der Waals surface area (Å²) in [6, 6.07) is 6.69. The minimum atomic E-state index is -5.37. The van der Waals surface area contributed by atoms with Gasteiger partial charge in [0.15, 0.2) is 6.10 Å². The topological polar surface area (TPSA) is 233 Å². The molecule has 1 N–H and O–H groups in total.